The zero-order chi connectivity index (χ0) is 29.7. The highest BCUT2D eigenvalue weighted by atomic mass is 35.5. The van der Waals surface area contributed by atoms with Crippen LogP contribution in [0.1, 0.15) is 10.4 Å². The summed E-state index contributed by atoms with van der Waals surface area (Å²) in [5.41, 5.74) is 1.48. The Morgan fingerprint density at radius 2 is 1.63 bits per heavy atom. The van der Waals surface area contributed by atoms with Gasteiger partial charge >= 0.3 is 0 Å². The molecule has 0 saturated carbocycles. The number of carbonyl (C=O) groups excluding carboxylic acids is 1. The lowest BCUT2D eigenvalue weighted by Crippen LogP contribution is -2.48. The highest BCUT2D eigenvalue weighted by molar-refractivity contribution is 7.92. The lowest BCUT2D eigenvalue weighted by Gasteiger charge is -2.34. The Bertz CT molecular complexity index is 1620. The molecule has 0 aliphatic carbocycles. The maximum Gasteiger partial charge on any atom is 0.261 e. The number of nitrogens with zero attached hydrogens (tertiary/aromatic N) is 3. The fraction of sp³-hybridized carbons (Fsp3) is 0.310. The summed E-state index contributed by atoms with van der Waals surface area (Å²) in [5.74, 6) is 1.80. The van der Waals surface area contributed by atoms with E-state index in [1.54, 1.807) is 55.9 Å². The van der Waals surface area contributed by atoms with Gasteiger partial charge in [0, 0.05) is 50.5 Å². The summed E-state index contributed by atoms with van der Waals surface area (Å²) < 4.78 is 45.1. The summed E-state index contributed by atoms with van der Waals surface area (Å²) in [6.07, 6.45) is 0. The van der Waals surface area contributed by atoms with Gasteiger partial charge in [-0.3, -0.25) is 14.4 Å². The molecule has 1 saturated heterocycles. The van der Waals surface area contributed by atoms with Crippen molar-refractivity contribution in [3.05, 3.63) is 66.2 Å². The van der Waals surface area contributed by atoms with Crippen molar-refractivity contribution in [2.24, 2.45) is 0 Å². The fourth-order valence-electron chi connectivity index (χ4n) is 4.69. The van der Waals surface area contributed by atoms with Crippen molar-refractivity contribution in [3.8, 4) is 17.2 Å². The lowest BCUT2D eigenvalue weighted by molar-refractivity contribution is 0.0947. The van der Waals surface area contributed by atoms with Gasteiger partial charge in [-0.15, -0.1) is 12.4 Å². The van der Waals surface area contributed by atoms with Crippen molar-refractivity contribution in [3.63, 3.8) is 0 Å². The first-order chi connectivity index (χ1) is 20.3. The smallest absolute Gasteiger partial charge is 0.261 e. The normalized spacial score (nSPS) is 13.7. The molecule has 1 aliphatic rings. The summed E-state index contributed by atoms with van der Waals surface area (Å²) >= 11 is 1.60. The van der Waals surface area contributed by atoms with E-state index in [1.807, 2.05) is 12.1 Å². The second-order valence-corrected chi connectivity index (χ2v) is 12.3. The number of halogens is 1. The summed E-state index contributed by atoms with van der Waals surface area (Å²) in [5, 5.41) is 3.88. The Morgan fingerprint density at radius 1 is 0.930 bits per heavy atom. The van der Waals surface area contributed by atoms with E-state index < -0.39 is 10.0 Å². The number of rotatable bonds is 11. The molecule has 1 aromatic heterocycles. The molecular weight excluding hydrogens is 614 g/mol. The fourth-order valence-corrected chi connectivity index (χ4v) is 6.87. The number of benzene rings is 3. The van der Waals surface area contributed by atoms with Crippen molar-refractivity contribution < 1.29 is 27.4 Å². The van der Waals surface area contributed by atoms with Gasteiger partial charge in [0.2, 0.25) is 0 Å². The van der Waals surface area contributed by atoms with Gasteiger partial charge in [-0.1, -0.05) is 17.4 Å². The van der Waals surface area contributed by atoms with E-state index in [-0.39, 0.29) is 23.2 Å². The summed E-state index contributed by atoms with van der Waals surface area (Å²) in [6.45, 7) is 4.47. The number of sulfonamides is 1. The molecule has 2 heterocycles. The number of piperazine rings is 1. The standard InChI is InChI=1S/C29H33N5O6S2.ClH/c1-38-22-7-9-23(10-8-22)42(36,37)32-21-6-4-5-20(19-21)28(35)30-13-14-33-15-17-34(18-16-33)29-31-26-24(39-2)11-12-25(40-3)27(26)41-29;/h4-12,19,32H,13-18H2,1-3H3,(H,30,35);1H. The molecule has 5 rings (SSSR count). The largest absolute Gasteiger partial charge is 0.497 e. The second kappa shape index (κ2) is 14.1. The maximum absolute atomic E-state index is 12.8. The van der Waals surface area contributed by atoms with Crippen LogP contribution in [-0.4, -0.2) is 84.8 Å². The zero-order valence-corrected chi connectivity index (χ0v) is 26.5. The molecule has 14 heteroatoms. The predicted molar refractivity (Wildman–Crippen MR) is 171 cm³/mol. The third-order valence-corrected chi connectivity index (χ3v) is 9.53. The van der Waals surface area contributed by atoms with Crippen molar-refractivity contribution in [2.45, 2.75) is 4.90 Å². The quantitative estimate of drug-likeness (QED) is 0.248. The van der Waals surface area contributed by atoms with Gasteiger partial charge in [-0.05, 0) is 54.6 Å². The van der Waals surface area contributed by atoms with Crippen molar-refractivity contribution in [2.75, 3.05) is 70.2 Å². The minimum absolute atomic E-state index is 0. The number of methoxy groups -OCH3 is 3. The Hall–Kier alpha value is -3.78. The number of hydrogen-bond donors (Lipinski definition) is 2. The SMILES string of the molecule is COc1ccc(S(=O)(=O)Nc2cccc(C(=O)NCCN3CCN(c4nc5c(OC)ccc(OC)c5s4)CC3)c2)cc1.Cl. The van der Waals surface area contributed by atoms with Crippen LogP contribution in [0.5, 0.6) is 17.2 Å². The van der Waals surface area contributed by atoms with E-state index in [0.29, 0.717) is 30.1 Å². The van der Waals surface area contributed by atoms with Crippen LogP contribution in [-0.2, 0) is 10.0 Å². The second-order valence-electron chi connectivity index (χ2n) is 9.59. The molecule has 3 aromatic carbocycles. The summed E-state index contributed by atoms with van der Waals surface area (Å²) in [4.78, 5) is 22.3. The number of carbonyl (C=O) groups is 1. The van der Waals surface area contributed by atoms with Gasteiger partial charge in [0.25, 0.3) is 15.9 Å². The van der Waals surface area contributed by atoms with E-state index in [0.717, 1.165) is 53.0 Å². The van der Waals surface area contributed by atoms with Crippen LogP contribution < -0.4 is 29.1 Å². The summed E-state index contributed by atoms with van der Waals surface area (Å²) in [6, 6.07) is 16.3. The molecule has 0 spiro atoms. The Labute approximate surface area is 261 Å². The van der Waals surface area contributed by atoms with E-state index in [9.17, 15) is 13.2 Å². The van der Waals surface area contributed by atoms with Crippen LogP contribution in [0.15, 0.2) is 65.6 Å². The first-order valence-corrected chi connectivity index (χ1v) is 15.6. The van der Waals surface area contributed by atoms with E-state index in [1.165, 1.54) is 25.3 Å². The first kappa shape index (κ1) is 32.1. The number of ether oxygens (including phenoxy) is 3. The van der Waals surface area contributed by atoms with Gasteiger partial charge in [0.1, 0.15) is 27.5 Å². The Morgan fingerprint density at radius 3 is 2.30 bits per heavy atom. The highest BCUT2D eigenvalue weighted by Gasteiger charge is 2.22. The number of hydrogen-bond acceptors (Lipinski definition) is 10. The van der Waals surface area contributed by atoms with E-state index in [4.69, 9.17) is 19.2 Å². The molecule has 0 bridgehead atoms. The molecule has 0 radical (unpaired) electrons. The molecule has 43 heavy (non-hydrogen) atoms. The van der Waals surface area contributed by atoms with Crippen LogP contribution in [0, 0.1) is 0 Å². The number of nitrogens with one attached hydrogen (secondary N) is 2. The third kappa shape index (κ3) is 7.42. The van der Waals surface area contributed by atoms with Gasteiger partial charge < -0.3 is 24.4 Å². The Kier molecular flexibility index (Phi) is 10.6. The molecule has 2 N–H and O–H groups in total. The number of fused-ring (bicyclic) bond motifs is 1. The van der Waals surface area contributed by atoms with Crippen molar-refractivity contribution in [1.82, 2.24) is 15.2 Å². The third-order valence-electron chi connectivity index (χ3n) is 7.00. The molecule has 1 fully saturated rings. The minimum Gasteiger partial charge on any atom is -0.497 e. The average molecular weight is 648 g/mol. The van der Waals surface area contributed by atoms with E-state index in [2.05, 4.69) is 19.8 Å². The maximum atomic E-state index is 12.8. The molecule has 230 valence electrons. The van der Waals surface area contributed by atoms with Crippen LogP contribution in [0.4, 0.5) is 10.8 Å². The molecule has 0 atom stereocenters. The van der Waals surface area contributed by atoms with Crippen molar-refractivity contribution in [1.29, 1.82) is 0 Å². The molecule has 11 nitrogen and oxygen atoms in total. The minimum atomic E-state index is -3.82. The molecule has 1 aliphatic heterocycles. The number of anilines is 2. The zero-order valence-electron chi connectivity index (χ0n) is 24.0. The van der Waals surface area contributed by atoms with Crippen LogP contribution >= 0.6 is 23.7 Å². The van der Waals surface area contributed by atoms with Crippen LogP contribution in [0.2, 0.25) is 0 Å². The van der Waals surface area contributed by atoms with Crippen LogP contribution in [0.3, 0.4) is 0 Å². The van der Waals surface area contributed by atoms with Gasteiger partial charge in [-0.25, -0.2) is 13.4 Å². The van der Waals surface area contributed by atoms with E-state index >= 15 is 0 Å². The summed E-state index contributed by atoms with van der Waals surface area (Å²) in [7, 11) is 0.990. The topological polar surface area (TPSA) is 122 Å². The Balaban J connectivity index is 0.00000423. The average Bonchev–Trinajstić information content (AvgIpc) is 3.46. The highest BCUT2D eigenvalue weighted by Crippen LogP contribution is 2.40. The van der Waals surface area contributed by atoms with Gasteiger partial charge in [-0.2, -0.15) is 0 Å². The number of aromatic nitrogens is 1. The van der Waals surface area contributed by atoms with Crippen LogP contribution in [0.25, 0.3) is 10.2 Å². The monoisotopic (exact) mass is 647 g/mol. The molecule has 0 unspecified atom stereocenters. The predicted octanol–water partition coefficient (Wildman–Crippen LogP) is 4.10. The first-order valence-electron chi connectivity index (χ1n) is 13.4. The molecule has 1 amide bonds. The molecule has 4 aromatic rings. The van der Waals surface area contributed by atoms with Crippen molar-refractivity contribution >= 4 is 60.7 Å². The number of amides is 1. The lowest BCUT2D eigenvalue weighted by atomic mass is 10.2. The van der Waals surface area contributed by atoms with Gasteiger partial charge in [0.15, 0.2) is 5.13 Å². The number of thiazole rings is 1. The van der Waals surface area contributed by atoms with Gasteiger partial charge in [0.05, 0.1) is 26.2 Å². The molecular formula is C29H34ClN5O6S2.